The number of amides is 1. The Kier molecular flexibility index (Phi) is 9.56. The highest BCUT2D eigenvalue weighted by Crippen LogP contribution is 2.44. The highest BCUT2D eigenvalue weighted by Gasteiger charge is 2.40. The first-order valence-electron chi connectivity index (χ1n) is 14.2. The quantitative estimate of drug-likeness (QED) is 0.248. The lowest BCUT2D eigenvalue weighted by Gasteiger charge is -2.33. The second kappa shape index (κ2) is 12.6. The lowest BCUT2D eigenvalue weighted by atomic mass is 9.94. The van der Waals surface area contributed by atoms with Crippen molar-refractivity contribution in [2.75, 3.05) is 16.3 Å². The summed E-state index contributed by atoms with van der Waals surface area (Å²) in [6.07, 6.45) is -16.3. The average Bonchev–Trinajstić information content (AvgIpc) is 3.27. The average molecular weight is 667 g/mol. The summed E-state index contributed by atoms with van der Waals surface area (Å²) in [5.41, 5.74) is -4.76. The van der Waals surface area contributed by atoms with E-state index in [1.54, 1.807) is 20.8 Å². The fourth-order valence-corrected chi connectivity index (χ4v) is 5.13. The molecule has 3 aromatic rings. The number of anilines is 2. The SMILES string of the molecule is Cc1cc2c(cc1C(F)(F)F)N(C(=O)OC(C)C(C)C)CCCC2N(Cc1cc(C(F)(F)F)cc(C(F)(F)F)c1)c1nnn(C)n1. The molecule has 8 nitrogen and oxygen atoms in total. The van der Waals surface area contributed by atoms with E-state index in [9.17, 15) is 44.3 Å². The third-order valence-corrected chi connectivity index (χ3v) is 7.77. The van der Waals surface area contributed by atoms with Gasteiger partial charge in [0.25, 0.3) is 5.95 Å². The predicted molar refractivity (Wildman–Crippen MR) is 148 cm³/mol. The summed E-state index contributed by atoms with van der Waals surface area (Å²) in [7, 11) is 1.38. The minimum atomic E-state index is -5.11. The third-order valence-electron chi connectivity index (χ3n) is 7.77. The molecular weight excluding hydrogens is 635 g/mol. The van der Waals surface area contributed by atoms with Crippen molar-refractivity contribution in [2.45, 2.75) is 77.8 Å². The van der Waals surface area contributed by atoms with Crippen LogP contribution in [0, 0.1) is 12.8 Å². The maximum Gasteiger partial charge on any atom is 0.416 e. The van der Waals surface area contributed by atoms with E-state index >= 15 is 0 Å². The van der Waals surface area contributed by atoms with Gasteiger partial charge in [-0.25, -0.2) is 4.79 Å². The van der Waals surface area contributed by atoms with Crippen LogP contribution in [0.3, 0.4) is 0 Å². The first-order valence-corrected chi connectivity index (χ1v) is 14.2. The molecule has 2 atom stereocenters. The number of halogens is 9. The number of hydrogen-bond donors (Lipinski definition) is 0. The van der Waals surface area contributed by atoms with Crippen molar-refractivity contribution in [1.29, 1.82) is 0 Å². The summed E-state index contributed by atoms with van der Waals surface area (Å²) < 4.78 is 130. The molecule has 1 aliphatic rings. The zero-order chi connectivity index (χ0) is 34.4. The Labute approximate surface area is 258 Å². The predicted octanol–water partition coefficient (Wildman–Crippen LogP) is 8.10. The van der Waals surface area contributed by atoms with E-state index in [2.05, 4.69) is 15.4 Å². The molecule has 4 rings (SSSR count). The zero-order valence-corrected chi connectivity index (χ0v) is 25.3. The normalized spacial score (nSPS) is 16.7. The van der Waals surface area contributed by atoms with Crippen LogP contribution in [0.25, 0.3) is 0 Å². The first kappa shape index (κ1) is 34.8. The summed E-state index contributed by atoms with van der Waals surface area (Å²) in [4.78, 5) is 16.7. The summed E-state index contributed by atoms with van der Waals surface area (Å²) in [6.45, 7) is 5.72. The second-order valence-corrected chi connectivity index (χ2v) is 11.5. The van der Waals surface area contributed by atoms with E-state index < -0.39 is 65.6 Å². The number of aryl methyl sites for hydroxylation is 2. The Morgan fingerprint density at radius 2 is 1.57 bits per heavy atom. The molecule has 0 radical (unpaired) electrons. The number of hydrogen-bond acceptors (Lipinski definition) is 6. The van der Waals surface area contributed by atoms with E-state index in [1.165, 1.54) is 24.9 Å². The minimum Gasteiger partial charge on any atom is -0.446 e. The molecule has 0 bridgehead atoms. The van der Waals surface area contributed by atoms with Gasteiger partial charge in [-0.2, -0.15) is 44.3 Å². The molecule has 2 unspecified atom stereocenters. The third kappa shape index (κ3) is 7.66. The van der Waals surface area contributed by atoms with Crippen LogP contribution in [0.1, 0.15) is 73.0 Å². The Hall–Kier alpha value is -4.05. The number of nitrogens with zero attached hydrogens (tertiary/aromatic N) is 6. The fraction of sp³-hybridized carbons (Fsp3) is 0.517. The molecule has 46 heavy (non-hydrogen) atoms. The molecule has 252 valence electrons. The Morgan fingerprint density at radius 3 is 2.07 bits per heavy atom. The van der Waals surface area contributed by atoms with Crippen LogP contribution < -0.4 is 9.80 Å². The van der Waals surface area contributed by atoms with E-state index in [4.69, 9.17) is 4.74 Å². The van der Waals surface area contributed by atoms with E-state index in [0.717, 1.165) is 15.8 Å². The van der Waals surface area contributed by atoms with Crippen LogP contribution in [0.15, 0.2) is 30.3 Å². The summed E-state index contributed by atoms with van der Waals surface area (Å²) in [5, 5.41) is 11.8. The number of carbonyl (C=O) groups excluding carboxylic acids is 1. The monoisotopic (exact) mass is 666 g/mol. The van der Waals surface area contributed by atoms with Gasteiger partial charge >= 0.3 is 24.6 Å². The number of fused-ring (bicyclic) bond motifs is 1. The molecule has 0 saturated carbocycles. The number of alkyl halides is 9. The molecule has 2 heterocycles. The largest absolute Gasteiger partial charge is 0.446 e. The van der Waals surface area contributed by atoms with Crippen LogP contribution in [-0.4, -0.2) is 38.9 Å². The summed E-state index contributed by atoms with van der Waals surface area (Å²) >= 11 is 0. The van der Waals surface area contributed by atoms with Gasteiger partial charge in [0.1, 0.15) is 6.10 Å². The van der Waals surface area contributed by atoms with Crippen molar-refractivity contribution in [2.24, 2.45) is 13.0 Å². The van der Waals surface area contributed by atoms with Crippen molar-refractivity contribution >= 4 is 17.7 Å². The Balaban J connectivity index is 1.91. The van der Waals surface area contributed by atoms with Crippen LogP contribution >= 0.6 is 0 Å². The fourth-order valence-electron chi connectivity index (χ4n) is 5.13. The van der Waals surface area contributed by atoms with Crippen molar-refractivity contribution < 1.29 is 49.0 Å². The summed E-state index contributed by atoms with van der Waals surface area (Å²) in [6, 6.07) is 2.12. The lowest BCUT2D eigenvalue weighted by molar-refractivity contribution is -0.143. The number of aromatic nitrogens is 4. The second-order valence-electron chi connectivity index (χ2n) is 11.5. The number of ether oxygens (including phenoxy) is 1. The highest BCUT2D eigenvalue weighted by atomic mass is 19.4. The van der Waals surface area contributed by atoms with E-state index in [1.807, 2.05) is 0 Å². The molecule has 1 aromatic heterocycles. The molecule has 1 aliphatic heterocycles. The summed E-state index contributed by atoms with van der Waals surface area (Å²) in [5.74, 6) is -0.314. The van der Waals surface area contributed by atoms with E-state index in [-0.39, 0.29) is 54.1 Å². The van der Waals surface area contributed by atoms with Gasteiger partial charge in [0, 0.05) is 13.1 Å². The molecule has 1 amide bonds. The van der Waals surface area contributed by atoms with Crippen LogP contribution in [0.5, 0.6) is 0 Å². The molecule has 2 aromatic carbocycles. The Bertz CT molecular complexity index is 1530. The van der Waals surface area contributed by atoms with Gasteiger partial charge in [-0.3, -0.25) is 4.90 Å². The zero-order valence-electron chi connectivity index (χ0n) is 25.3. The number of rotatable bonds is 6. The van der Waals surface area contributed by atoms with Crippen molar-refractivity contribution in [3.63, 3.8) is 0 Å². The Morgan fingerprint density at radius 1 is 0.957 bits per heavy atom. The van der Waals surface area contributed by atoms with E-state index in [0.29, 0.717) is 12.1 Å². The molecule has 0 N–H and O–H groups in total. The maximum atomic E-state index is 14.1. The first-order chi connectivity index (χ1) is 21.2. The topological polar surface area (TPSA) is 76.4 Å². The van der Waals surface area contributed by atoms with Gasteiger partial charge in [0.05, 0.1) is 35.5 Å². The smallest absolute Gasteiger partial charge is 0.416 e. The lowest BCUT2D eigenvalue weighted by Crippen LogP contribution is -2.36. The maximum absolute atomic E-state index is 14.1. The van der Waals surface area contributed by atoms with Crippen LogP contribution in [-0.2, 0) is 36.9 Å². The number of carbonyl (C=O) groups is 1. The van der Waals surface area contributed by atoms with Crippen molar-refractivity contribution in [1.82, 2.24) is 20.2 Å². The van der Waals surface area contributed by atoms with Crippen molar-refractivity contribution in [3.8, 4) is 0 Å². The molecular formula is C29H31F9N6O2. The highest BCUT2D eigenvalue weighted by molar-refractivity contribution is 5.89. The van der Waals surface area contributed by atoms with Crippen molar-refractivity contribution in [3.05, 3.63) is 63.7 Å². The van der Waals surface area contributed by atoms with Gasteiger partial charge in [0.15, 0.2) is 0 Å². The van der Waals surface area contributed by atoms with Gasteiger partial charge in [-0.1, -0.05) is 25.0 Å². The molecule has 0 aliphatic carbocycles. The molecule has 0 spiro atoms. The van der Waals surface area contributed by atoms with Gasteiger partial charge in [0.2, 0.25) is 0 Å². The van der Waals surface area contributed by atoms with Gasteiger partial charge < -0.3 is 9.64 Å². The van der Waals surface area contributed by atoms with Gasteiger partial charge in [-0.05, 0) is 78.8 Å². The van der Waals surface area contributed by atoms with Crippen LogP contribution in [0.2, 0.25) is 0 Å². The molecule has 0 saturated heterocycles. The minimum absolute atomic E-state index is 0.000962. The number of benzene rings is 2. The van der Waals surface area contributed by atoms with Gasteiger partial charge in [-0.15, -0.1) is 5.10 Å². The number of tetrazole rings is 1. The molecule has 17 heteroatoms. The molecule has 0 fully saturated rings. The standard InChI is InChI=1S/C29H31F9N6O2/c1-15(2)17(4)46-26(45)43-8-6-7-23(21-9-16(3)22(13-24(21)43)29(36,37)38)44(25-39-41-42(5)40-25)14-18-10-19(27(30,31)32)12-20(11-18)28(33,34)35/h9-13,15,17,23H,6-8,14H2,1-5H3. The van der Waals surface area contributed by atoms with Crippen LogP contribution in [0.4, 0.5) is 55.9 Å².